The summed E-state index contributed by atoms with van der Waals surface area (Å²) < 4.78 is 27.5. The second-order valence-electron chi connectivity index (χ2n) is 7.42. The highest BCUT2D eigenvalue weighted by Gasteiger charge is 2.26. The summed E-state index contributed by atoms with van der Waals surface area (Å²) in [6, 6.07) is 14.9. The van der Waals surface area contributed by atoms with Gasteiger partial charge in [-0.2, -0.15) is 0 Å². The minimum absolute atomic E-state index is 0.0850. The number of rotatable bonds is 5. The molecule has 0 saturated heterocycles. The van der Waals surface area contributed by atoms with Crippen LogP contribution in [0.2, 0.25) is 0 Å². The van der Waals surface area contributed by atoms with Gasteiger partial charge in [-0.3, -0.25) is 9.59 Å². The molecule has 1 aromatic heterocycles. The minimum Gasteiger partial charge on any atom is -0.351 e. The number of nitrogens with zero attached hydrogens (tertiary/aromatic N) is 2. The molecule has 1 atom stereocenters. The molecule has 1 N–H and O–H groups in total. The van der Waals surface area contributed by atoms with Gasteiger partial charge in [0.05, 0.1) is 21.9 Å². The molecule has 1 unspecified atom stereocenters. The third-order valence-electron chi connectivity index (χ3n) is 5.26. The molecule has 0 fully saturated rings. The molecule has 4 rings (SSSR count). The number of nitrogens with one attached hydrogen (secondary N) is 1. The third-order valence-corrected chi connectivity index (χ3v) is 6.95. The first-order valence-electron chi connectivity index (χ1n) is 9.75. The quantitative estimate of drug-likeness (QED) is 0.666. The number of carbonyl (C=O) groups excluding carboxylic acids is 2. The first-order valence-corrected chi connectivity index (χ1v) is 11.2. The van der Waals surface area contributed by atoms with Gasteiger partial charge >= 0.3 is 0 Å². The van der Waals surface area contributed by atoms with Gasteiger partial charge in [-0.05, 0) is 38.1 Å². The molecule has 158 valence electrons. The summed E-state index contributed by atoms with van der Waals surface area (Å²) in [5.74, 6) is -1.29. The van der Waals surface area contributed by atoms with Crippen LogP contribution in [0.5, 0.6) is 0 Å². The topological polar surface area (TPSA) is 97.6 Å². The van der Waals surface area contributed by atoms with E-state index in [2.05, 4.69) is 10.3 Å². The normalized spacial score (nSPS) is 16.7. The number of para-hydroxylation sites is 1. The number of fused-ring (bicyclic) bond motifs is 1. The Morgan fingerprint density at radius 3 is 2.45 bits per heavy atom. The molecular formula is C23H21N3O4S. The molecule has 2 aromatic carbocycles. The zero-order valence-corrected chi connectivity index (χ0v) is 17.9. The van der Waals surface area contributed by atoms with Crippen LogP contribution in [-0.4, -0.2) is 36.5 Å². The summed E-state index contributed by atoms with van der Waals surface area (Å²) in [7, 11) is -3.88. The highest BCUT2D eigenvalue weighted by Crippen LogP contribution is 2.26. The van der Waals surface area contributed by atoms with Crippen LogP contribution >= 0.6 is 0 Å². The second kappa shape index (κ2) is 7.96. The third kappa shape index (κ3) is 3.82. The van der Waals surface area contributed by atoms with E-state index in [-0.39, 0.29) is 22.9 Å². The predicted octanol–water partition coefficient (Wildman–Crippen LogP) is 3.17. The Kier molecular flexibility index (Phi) is 5.32. The minimum atomic E-state index is -3.88. The van der Waals surface area contributed by atoms with Crippen molar-refractivity contribution in [3.05, 3.63) is 78.0 Å². The van der Waals surface area contributed by atoms with Crippen molar-refractivity contribution in [1.82, 2.24) is 9.29 Å². The number of aromatic nitrogens is 1. The average molecular weight is 436 g/mol. The Hall–Kier alpha value is -3.52. The van der Waals surface area contributed by atoms with Gasteiger partial charge in [-0.15, -0.1) is 0 Å². The van der Waals surface area contributed by atoms with Crippen molar-refractivity contribution in [3.63, 3.8) is 0 Å². The van der Waals surface area contributed by atoms with Crippen molar-refractivity contribution in [2.75, 3.05) is 6.54 Å². The molecular weight excluding hydrogens is 414 g/mol. The fraction of sp³-hybridized carbons (Fsp3) is 0.174. The fourth-order valence-electron chi connectivity index (χ4n) is 3.68. The Labute approximate surface area is 180 Å². The van der Waals surface area contributed by atoms with Crippen molar-refractivity contribution in [3.8, 4) is 0 Å². The number of amides is 2. The summed E-state index contributed by atoms with van der Waals surface area (Å²) in [5.41, 5.74) is 2.09. The molecule has 0 bridgehead atoms. The fourth-order valence-corrected chi connectivity index (χ4v) is 5.07. The molecule has 1 aliphatic heterocycles. The first kappa shape index (κ1) is 20.7. The van der Waals surface area contributed by atoms with E-state index in [1.54, 1.807) is 49.4 Å². The Bertz CT molecular complexity index is 1350. The highest BCUT2D eigenvalue weighted by molar-refractivity contribution is 7.90. The summed E-state index contributed by atoms with van der Waals surface area (Å²) in [4.78, 5) is 29.3. The molecule has 0 spiro atoms. The molecule has 0 saturated carbocycles. The standard InChI is InChI=1S/C23H21N3O4S/c1-15-12-16(2)25-23(28)19(15)13-24-22(27)20-14-26(21-11-7-6-10-18(20)21)31(29,30)17-8-4-3-5-9-17/h3-12,14,19H,13H2,1-2H3,(H,24,27). The molecule has 31 heavy (non-hydrogen) atoms. The lowest BCUT2D eigenvalue weighted by Crippen LogP contribution is -2.34. The smallest absolute Gasteiger partial charge is 0.268 e. The zero-order chi connectivity index (χ0) is 22.2. The summed E-state index contributed by atoms with van der Waals surface area (Å²) in [6.45, 7) is 3.66. The maximum Gasteiger partial charge on any atom is 0.268 e. The number of benzene rings is 2. The van der Waals surface area contributed by atoms with Gasteiger partial charge in [-0.25, -0.2) is 17.4 Å². The van der Waals surface area contributed by atoms with Crippen LogP contribution in [-0.2, 0) is 14.8 Å². The number of dihydropyridines is 1. The number of hydrogen-bond donors (Lipinski definition) is 1. The van der Waals surface area contributed by atoms with Crippen LogP contribution in [0.15, 0.2) is 82.3 Å². The van der Waals surface area contributed by atoms with Gasteiger partial charge in [0.25, 0.3) is 21.8 Å². The van der Waals surface area contributed by atoms with Crippen molar-refractivity contribution < 1.29 is 18.0 Å². The summed E-state index contributed by atoms with van der Waals surface area (Å²) >= 11 is 0. The van der Waals surface area contributed by atoms with Crippen molar-refractivity contribution in [1.29, 1.82) is 0 Å². The van der Waals surface area contributed by atoms with E-state index in [0.29, 0.717) is 16.6 Å². The van der Waals surface area contributed by atoms with Gasteiger partial charge in [-0.1, -0.05) is 42.0 Å². The molecule has 2 amide bonds. The Morgan fingerprint density at radius 2 is 1.74 bits per heavy atom. The van der Waals surface area contributed by atoms with Crippen molar-refractivity contribution >= 4 is 38.5 Å². The Balaban J connectivity index is 1.67. The van der Waals surface area contributed by atoms with E-state index >= 15 is 0 Å². The number of aliphatic imine (C=N–C) groups is 1. The molecule has 0 radical (unpaired) electrons. The Morgan fingerprint density at radius 1 is 1.06 bits per heavy atom. The number of carbonyl (C=O) groups is 2. The second-order valence-corrected chi connectivity index (χ2v) is 9.23. The molecule has 7 nitrogen and oxygen atoms in total. The van der Waals surface area contributed by atoms with Crippen molar-refractivity contribution in [2.45, 2.75) is 18.7 Å². The molecule has 2 heterocycles. The summed E-state index contributed by atoms with van der Waals surface area (Å²) in [5, 5.41) is 3.27. The zero-order valence-electron chi connectivity index (χ0n) is 17.1. The van der Waals surface area contributed by atoms with Gasteiger partial charge < -0.3 is 5.32 Å². The van der Waals surface area contributed by atoms with Gasteiger partial charge in [0.2, 0.25) is 0 Å². The van der Waals surface area contributed by atoms with Gasteiger partial charge in [0, 0.05) is 23.8 Å². The highest BCUT2D eigenvalue weighted by atomic mass is 32.2. The molecule has 8 heteroatoms. The lowest BCUT2D eigenvalue weighted by molar-refractivity contribution is -0.120. The van der Waals surface area contributed by atoms with Crippen LogP contribution in [0.25, 0.3) is 10.9 Å². The van der Waals surface area contributed by atoms with Gasteiger partial charge in [0.1, 0.15) is 0 Å². The number of allylic oxidation sites excluding steroid dienone is 1. The van der Waals surface area contributed by atoms with Crippen molar-refractivity contribution in [2.24, 2.45) is 10.9 Å². The molecule has 1 aliphatic rings. The van der Waals surface area contributed by atoms with Crippen LogP contribution < -0.4 is 5.32 Å². The maximum atomic E-state index is 13.2. The number of hydrogen-bond acceptors (Lipinski definition) is 4. The van der Waals surface area contributed by atoms with E-state index in [1.165, 1.54) is 18.3 Å². The summed E-state index contributed by atoms with van der Waals surface area (Å²) in [6.07, 6.45) is 3.15. The van der Waals surface area contributed by atoms with E-state index < -0.39 is 21.8 Å². The predicted molar refractivity (Wildman–Crippen MR) is 119 cm³/mol. The largest absolute Gasteiger partial charge is 0.351 e. The average Bonchev–Trinajstić information content (AvgIpc) is 3.14. The van der Waals surface area contributed by atoms with Crippen LogP contribution in [0.1, 0.15) is 24.2 Å². The van der Waals surface area contributed by atoms with Gasteiger partial charge in [0.15, 0.2) is 0 Å². The van der Waals surface area contributed by atoms with Crippen LogP contribution in [0, 0.1) is 5.92 Å². The van der Waals surface area contributed by atoms with Crippen LogP contribution in [0.4, 0.5) is 0 Å². The van der Waals surface area contributed by atoms with E-state index in [1.807, 2.05) is 13.0 Å². The molecule has 3 aromatic rings. The maximum absolute atomic E-state index is 13.2. The van der Waals surface area contributed by atoms with E-state index in [4.69, 9.17) is 0 Å². The lowest BCUT2D eigenvalue weighted by atomic mass is 9.95. The van der Waals surface area contributed by atoms with E-state index in [0.717, 1.165) is 9.55 Å². The lowest BCUT2D eigenvalue weighted by Gasteiger charge is -2.18. The SMILES string of the molecule is CC1=CC(C)=NC(=O)C1CNC(=O)c1cn(S(=O)(=O)c2ccccc2)c2ccccc12. The first-order chi connectivity index (χ1) is 14.8. The monoisotopic (exact) mass is 435 g/mol. The van der Waals surface area contributed by atoms with Crippen LogP contribution in [0.3, 0.4) is 0 Å². The van der Waals surface area contributed by atoms with E-state index in [9.17, 15) is 18.0 Å². The molecule has 0 aliphatic carbocycles.